The molecule has 12 heteroatoms. The predicted molar refractivity (Wildman–Crippen MR) is 136 cm³/mol. The third-order valence-corrected chi connectivity index (χ3v) is 8.51. The second-order valence-corrected chi connectivity index (χ2v) is 11.2. The highest BCUT2D eigenvalue weighted by molar-refractivity contribution is 7.89. The molecular weight excluding hydrogens is 514 g/mol. The van der Waals surface area contributed by atoms with E-state index < -0.39 is 46.2 Å². The summed E-state index contributed by atoms with van der Waals surface area (Å²) in [5, 5.41) is 12.8. The first kappa shape index (κ1) is 27.6. The Labute approximate surface area is 221 Å². The monoisotopic (exact) mass is 545 g/mol. The van der Waals surface area contributed by atoms with Crippen LogP contribution in [0.2, 0.25) is 0 Å². The number of carbonyl (C=O) groups is 3. The molecule has 2 heterocycles. The van der Waals surface area contributed by atoms with Crippen LogP contribution in [0.3, 0.4) is 0 Å². The van der Waals surface area contributed by atoms with E-state index in [4.69, 9.17) is 9.47 Å². The Balaban J connectivity index is 1.44. The summed E-state index contributed by atoms with van der Waals surface area (Å²) in [6.45, 7) is 1.09. The maximum Gasteiger partial charge on any atom is 0.415 e. The average Bonchev–Trinajstić information content (AvgIpc) is 3.60. The molecule has 2 aliphatic rings. The van der Waals surface area contributed by atoms with Gasteiger partial charge in [-0.2, -0.15) is 4.31 Å². The number of hydrogen-bond acceptors (Lipinski definition) is 8. The van der Waals surface area contributed by atoms with Gasteiger partial charge in [0.05, 0.1) is 18.1 Å². The van der Waals surface area contributed by atoms with Crippen LogP contribution < -0.4 is 10.1 Å². The Hall–Kier alpha value is -3.48. The van der Waals surface area contributed by atoms with Gasteiger partial charge in [-0.3, -0.25) is 4.79 Å². The molecule has 0 aromatic heterocycles. The number of β-amino-alcohol motifs (C(OH)–C–C–N with tert-alkyl or cyclic N) is 1. The molecule has 3 atom stereocenters. The van der Waals surface area contributed by atoms with Crippen molar-refractivity contribution in [1.29, 1.82) is 0 Å². The zero-order chi connectivity index (χ0) is 27.3. The quantitative estimate of drug-likeness (QED) is 0.473. The van der Waals surface area contributed by atoms with Crippen molar-refractivity contribution in [3.8, 4) is 5.75 Å². The molecule has 11 nitrogen and oxygen atoms in total. The van der Waals surface area contributed by atoms with Gasteiger partial charge in [-0.15, -0.1) is 0 Å². The van der Waals surface area contributed by atoms with E-state index >= 15 is 0 Å². The fourth-order valence-corrected chi connectivity index (χ4v) is 6.27. The lowest BCUT2D eigenvalue weighted by atomic mass is 10.0. The number of hydrogen-bond donors (Lipinski definition) is 2. The van der Waals surface area contributed by atoms with Gasteiger partial charge in [0.1, 0.15) is 17.8 Å². The molecule has 2 saturated heterocycles. The van der Waals surface area contributed by atoms with Crippen molar-refractivity contribution in [2.75, 3.05) is 26.7 Å². The minimum atomic E-state index is -4.06. The van der Waals surface area contributed by atoms with E-state index in [-0.39, 0.29) is 24.3 Å². The smallest absolute Gasteiger partial charge is 0.415 e. The highest BCUT2D eigenvalue weighted by Gasteiger charge is 2.44. The van der Waals surface area contributed by atoms with Crippen LogP contribution in [-0.4, -0.2) is 85.6 Å². The summed E-state index contributed by atoms with van der Waals surface area (Å²) in [7, 11) is -2.87. The Morgan fingerprint density at radius 1 is 1.05 bits per heavy atom. The summed E-state index contributed by atoms with van der Waals surface area (Å²) in [4.78, 5) is 39.5. The lowest BCUT2D eigenvalue weighted by molar-refractivity contribution is -0.145. The summed E-state index contributed by atoms with van der Waals surface area (Å²) in [5.41, 5.74) is 0.655. The molecule has 204 valence electrons. The maximum absolute atomic E-state index is 13.2. The third-order valence-electron chi connectivity index (χ3n) is 6.62. The van der Waals surface area contributed by atoms with E-state index in [1.807, 2.05) is 0 Å². The lowest BCUT2D eigenvalue weighted by Crippen LogP contribution is -2.51. The molecule has 2 N–H and O–H groups in total. The number of nitrogens with zero attached hydrogens (tertiary/aromatic N) is 2. The molecule has 2 aromatic rings. The van der Waals surface area contributed by atoms with Crippen LogP contribution in [-0.2, 0) is 30.8 Å². The molecule has 0 saturated carbocycles. The van der Waals surface area contributed by atoms with Crippen molar-refractivity contribution in [1.82, 2.24) is 14.5 Å². The molecule has 0 aliphatic carbocycles. The molecule has 2 aromatic carbocycles. The molecule has 0 unspecified atom stereocenters. The van der Waals surface area contributed by atoms with Crippen molar-refractivity contribution >= 4 is 28.0 Å². The van der Waals surface area contributed by atoms with E-state index in [9.17, 15) is 27.9 Å². The summed E-state index contributed by atoms with van der Waals surface area (Å²) < 4.78 is 37.5. The Morgan fingerprint density at radius 2 is 1.71 bits per heavy atom. The number of ether oxygens (including phenoxy) is 2. The number of benzene rings is 2. The van der Waals surface area contributed by atoms with Crippen LogP contribution >= 0.6 is 0 Å². The fraction of sp³-hybridized carbons (Fsp3) is 0.423. The first-order valence-electron chi connectivity index (χ1n) is 12.4. The van der Waals surface area contributed by atoms with Gasteiger partial charge in [0.25, 0.3) is 0 Å². The summed E-state index contributed by atoms with van der Waals surface area (Å²) in [5.74, 6) is -1.07. The Bertz CT molecular complexity index is 1250. The molecule has 2 amide bonds. The van der Waals surface area contributed by atoms with E-state index in [1.54, 1.807) is 47.4 Å². The van der Waals surface area contributed by atoms with Crippen molar-refractivity contribution < 1.29 is 37.4 Å². The fourth-order valence-electron chi connectivity index (χ4n) is 4.61. The number of methoxy groups -OCH3 is 1. The number of carbonyl (C=O) groups excluding carboxylic acids is 3. The third kappa shape index (κ3) is 6.32. The largest absolute Gasteiger partial charge is 0.467 e. The molecule has 4 rings (SSSR count). The van der Waals surface area contributed by atoms with E-state index in [0.717, 1.165) is 17.1 Å². The second-order valence-electron chi connectivity index (χ2n) is 9.29. The van der Waals surface area contributed by atoms with Gasteiger partial charge >= 0.3 is 12.1 Å². The molecule has 0 spiro atoms. The molecule has 38 heavy (non-hydrogen) atoms. The minimum absolute atomic E-state index is 0.00180. The number of likely N-dealkylation sites (tertiary alicyclic amines) is 1. The summed E-state index contributed by atoms with van der Waals surface area (Å²) in [6, 6.07) is 11.9. The highest BCUT2D eigenvalue weighted by atomic mass is 32.2. The number of esters is 1. The molecular formula is C26H31N3O8S. The maximum atomic E-state index is 13.2. The van der Waals surface area contributed by atoms with Gasteiger partial charge in [-0.05, 0) is 42.7 Å². The Kier molecular flexibility index (Phi) is 8.65. The van der Waals surface area contributed by atoms with Gasteiger partial charge in [-0.1, -0.05) is 30.3 Å². The second kappa shape index (κ2) is 11.9. The van der Waals surface area contributed by atoms with Crippen LogP contribution in [0.4, 0.5) is 4.79 Å². The van der Waals surface area contributed by atoms with Crippen LogP contribution in [0, 0.1) is 0 Å². The van der Waals surface area contributed by atoms with Crippen molar-refractivity contribution in [3.05, 3.63) is 60.2 Å². The number of amides is 2. The van der Waals surface area contributed by atoms with Crippen molar-refractivity contribution in [2.45, 2.75) is 48.8 Å². The zero-order valence-electron chi connectivity index (χ0n) is 21.0. The van der Waals surface area contributed by atoms with Crippen LogP contribution in [0.5, 0.6) is 5.75 Å². The van der Waals surface area contributed by atoms with Crippen molar-refractivity contribution in [3.63, 3.8) is 0 Å². The van der Waals surface area contributed by atoms with Gasteiger partial charge in [0, 0.05) is 32.5 Å². The first-order chi connectivity index (χ1) is 18.2. The normalized spacial score (nSPS) is 20.6. The van der Waals surface area contributed by atoms with E-state index in [0.29, 0.717) is 24.4 Å². The van der Waals surface area contributed by atoms with Crippen LogP contribution in [0.15, 0.2) is 59.5 Å². The van der Waals surface area contributed by atoms with Crippen LogP contribution in [0.25, 0.3) is 0 Å². The average molecular weight is 546 g/mol. The number of rotatable bonds is 8. The molecule has 0 radical (unpaired) electrons. The first-order valence-corrected chi connectivity index (χ1v) is 13.8. The predicted octanol–water partition coefficient (Wildman–Crippen LogP) is 1.31. The number of nitrogens with one attached hydrogen (secondary N) is 1. The summed E-state index contributed by atoms with van der Waals surface area (Å²) >= 11 is 0. The standard InChI is InChI=1S/C26H31N3O8S/c1-36-25(32)22(15-18-9-11-20(12-10-18)37-26(33)28-13-5-6-14-28)27-24(31)23-16-19(30)17-29(23)38(34,35)21-7-3-2-4-8-21/h2-4,7-12,19,22-23,30H,5-6,13-17H2,1H3,(H,27,31)/t19-,22-,23-/m1/s1. The van der Waals surface area contributed by atoms with Gasteiger partial charge in [0.15, 0.2) is 0 Å². The minimum Gasteiger partial charge on any atom is -0.467 e. The molecule has 0 bridgehead atoms. The SMILES string of the molecule is COC(=O)[C@@H](Cc1ccc(OC(=O)N2CCCC2)cc1)NC(=O)[C@H]1C[C@@H](O)CN1S(=O)(=O)c1ccccc1. The number of sulfonamides is 1. The van der Waals surface area contributed by atoms with Gasteiger partial charge < -0.3 is 24.8 Å². The number of aliphatic hydroxyl groups is 1. The molecule has 2 aliphatic heterocycles. The Morgan fingerprint density at radius 3 is 2.34 bits per heavy atom. The van der Waals surface area contributed by atoms with E-state index in [1.165, 1.54) is 19.2 Å². The number of aliphatic hydroxyl groups excluding tert-OH is 1. The van der Waals surface area contributed by atoms with Crippen molar-refractivity contribution in [2.24, 2.45) is 0 Å². The topological polar surface area (TPSA) is 143 Å². The van der Waals surface area contributed by atoms with Crippen LogP contribution in [0.1, 0.15) is 24.8 Å². The van der Waals surface area contributed by atoms with Gasteiger partial charge in [0.2, 0.25) is 15.9 Å². The lowest BCUT2D eigenvalue weighted by Gasteiger charge is -2.25. The summed E-state index contributed by atoms with van der Waals surface area (Å²) in [6.07, 6.45) is 0.400. The zero-order valence-corrected chi connectivity index (χ0v) is 21.8. The highest BCUT2D eigenvalue weighted by Crippen LogP contribution is 2.27. The molecule has 2 fully saturated rings. The van der Waals surface area contributed by atoms with E-state index in [2.05, 4.69) is 5.32 Å². The van der Waals surface area contributed by atoms with Gasteiger partial charge in [-0.25, -0.2) is 18.0 Å².